The van der Waals surface area contributed by atoms with Crippen molar-refractivity contribution in [2.24, 2.45) is 0 Å². The Morgan fingerprint density at radius 3 is 2.71 bits per heavy atom. The third-order valence-electron chi connectivity index (χ3n) is 3.01. The van der Waals surface area contributed by atoms with E-state index in [1.807, 2.05) is 18.2 Å². The van der Waals surface area contributed by atoms with Gasteiger partial charge in [-0.25, -0.2) is 4.39 Å². The molecule has 69 valence electrons. The Kier molecular flexibility index (Phi) is 1.60. The second kappa shape index (κ2) is 2.81. The van der Waals surface area contributed by atoms with Crippen LogP contribution in [0, 0.1) is 6.67 Å². The summed E-state index contributed by atoms with van der Waals surface area (Å²) in [4.78, 5) is 0. The van der Waals surface area contributed by atoms with Gasteiger partial charge in [-0.2, -0.15) is 0 Å². The van der Waals surface area contributed by atoms with Crippen molar-refractivity contribution in [2.75, 3.05) is 0 Å². The van der Waals surface area contributed by atoms with Gasteiger partial charge in [0.05, 0.1) is 0 Å². The van der Waals surface area contributed by atoms with Gasteiger partial charge < -0.3 is 0 Å². The predicted octanol–water partition coefficient (Wildman–Crippen LogP) is 3.61. The van der Waals surface area contributed by atoms with Gasteiger partial charge in [0, 0.05) is 5.92 Å². The minimum absolute atomic E-state index is 0.0314. The summed E-state index contributed by atoms with van der Waals surface area (Å²) in [5.41, 5.74) is 2.41. The molecule has 0 N–H and O–H groups in total. The Balaban J connectivity index is 2.38. The molecule has 1 atom stereocenters. The molecule has 0 fully saturated rings. The molecule has 0 nitrogen and oxygen atoms in total. The highest BCUT2D eigenvalue weighted by atomic mass is 19.1. The summed E-state index contributed by atoms with van der Waals surface area (Å²) in [6.45, 7) is 0.814. The first-order valence-corrected chi connectivity index (χ1v) is 4.84. The number of rotatable bonds is 1. The zero-order valence-electron chi connectivity index (χ0n) is 7.70. The second-order valence-electron chi connectivity index (χ2n) is 3.80. The summed E-state index contributed by atoms with van der Waals surface area (Å²) in [5.74, 6) is -0.0314. The fourth-order valence-electron chi connectivity index (χ4n) is 2.39. The highest BCUT2D eigenvalue weighted by Gasteiger charge is 2.23. The summed E-state index contributed by atoms with van der Waals surface area (Å²) in [7, 11) is 0. The highest BCUT2D eigenvalue weighted by molar-refractivity contribution is 5.91. The van der Waals surface area contributed by atoms with Gasteiger partial charge in [0.1, 0.15) is 6.67 Å². The molecule has 2 aromatic rings. The van der Waals surface area contributed by atoms with Crippen molar-refractivity contribution in [3.63, 3.8) is 0 Å². The third kappa shape index (κ3) is 0.926. The van der Waals surface area contributed by atoms with E-state index in [4.69, 9.17) is 0 Å². The number of hydrogen-bond acceptors (Lipinski definition) is 0. The van der Waals surface area contributed by atoms with E-state index in [2.05, 4.69) is 18.2 Å². The van der Waals surface area contributed by atoms with E-state index in [0.717, 1.165) is 18.7 Å². The Bertz CT molecular complexity index is 482. The van der Waals surface area contributed by atoms with Crippen LogP contribution in [0.25, 0.3) is 10.8 Å². The molecule has 0 saturated heterocycles. The van der Waals surface area contributed by atoms with Crippen LogP contribution in [0.1, 0.15) is 17.0 Å². The zero-order valence-corrected chi connectivity index (χ0v) is 7.70. The second-order valence-corrected chi connectivity index (χ2v) is 3.80. The molecule has 1 heteroatoms. The average molecular weight is 185 g/mol. The predicted molar refractivity (Wildman–Crippen MR) is 55.8 cm³/mol. The standard InChI is InChI=1S/C13H10F/c14-8-11-7-10-5-1-3-9-4-2-6-12(11)13(9)10/h1-6,8,11H,7H2. The van der Waals surface area contributed by atoms with Crippen LogP contribution in [-0.4, -0.2) is 0 Å². The molecule has 1 aliphatic carbocycles. The molecule has 0 saturated carbocycles. The van der Waals surface area contributed by atoms with Gasteiger partial charge in [-0.3, -0.25) is 0 Å². The van der Waals surface area contributed by atoms with Crippen LogP contribution < -0.4 is 0 Å². The molecule has 2 aromatic carbocycles. The summed E-state index contributed by atoms with van der Waals surface area (Å²) >= 11 is 0. The maximum atomic E-state index is 12.7. The summed E-state index contributed by atoms with van der Waals surface area (Å²) in [6.07, 6.45) is 0.813. The average Bonchev–Trinajstić information content (AvgIpc) is 2.60. The van der Waals surface area contributed by atoms with E-state index < -0.39 is 0 Å². The van der Waals surface area contributed by atoms with Crippen LogP contribution in [0.4, 0.5) is 4.39 Å². The van der Waals surface area contributed by atoms with Crippen molar-refractivity contribution in [1.29, 1.82) is 0 Å². The first-order valence-electron chi connectivity index (χ1n) is 4.84. The maximum absolute atomic E-state index is 12.7. The molecule has 0 aliphatic heterocycles. The van der Waals surface area contributed by atoms with Crippen molar-refractivity contribution in [1.82, 2.24) is 0 Å². The Morgan fingerprint density at radius 2 is 1.93 bits per heavy atom. The molecule has 0 heterocycles. The summed E-state index contributed by atoms with van der Waals surface area (Å²) in [5, 5.41) is 2.48. The van der Waals surface area contributed by atoms with Crippen LogP contribution in [0.5, 0.6) is 0 Å². The van der Waals surface area contributed by atoms with E-state index in [9.17, 15) is 4.39 Å². The minimum Gasteiger partial charge on any atom is -0.244 e. The molecular weight excluding hydrogens is 175 g/mol. The minimum atomic E-state index is -0.0314. The zero-order chi connectivity index (χ0) is 9.54. The van der Waals surface area contributed by atoms with Crippen LogP contribution in [-0.2, 0) is 6.42 Å². The quantitative estimate of drug-likeness (QED) is 0.636. The van der Waals surface area contributed by atoms with Gasteiger partial charge in [-0.05, 0) is 28.3 Å². The van der Waals surface area contributed by atoms with Crippen molar-refractivity contribution < 1.29 is 4.39 Å². The van der Waals surface area contributed by atoms with Gasteiger partial charge in [-0.1, -0.05) is 36.4 Å². The van der Waals surface area contributed by atoms with Crippen molar-refractivity contribution in [3.8, 4) is 0 Å². The Labute approximate surface area is 82.4 Å². The monoisotopic (exact) mass is 185 g/mol. The van der Waals surface area contributed by atoms with Crippen molar-refractivity contribution in [3.05, 3.63) is 54.2 Å². The third-order valence-corrected chi connectivity index (χ3v) is 3.01. The lowest BCUT2D eigenvalue weighted by molar-refractivity contribution is 0.536. The van der Waals surface area contributed by atoms with Gasteiger partial charge in [-0.15, -0.1) is 0 Å². The summed E-state index contributed by atoms with van der Waals surface area (Å²) in [6, 6.07) is 12.3. The van der Waals surface area contributed by atoms with Crippen molar-refractivity contribution >= 4 is 10.8 Å². The molecule has 0 aromatic heterocycles. The van der Waals surface area contributed by atoms with E-state index >= 15 is 0 Å². The molecule has 3 rings (SSSR count). The van der Waals surface area contributed by atoms with Gasteiger partial charge >= 0.3 is 0 Å². The number of halogens is 1. The van der Waals surface area contributed by atoms with Crippen LogP contribution in [0.15, 0.2) is 36.4 Å². The largest absolute Gasteiger partial charge is 0.244 e. The molecular formula is C13H10F. The summed E-state index contributed by atoms with van der Waals surface area (Å²) < 4.78 is 12.7. The number of benzene rings is 2. The molecule has 14 heavy (non-hydrogen) atoms. The SMILES string of the molecule is F[CH]C1Cc2cccc3cccc1c23. The van der Waals surface area contributed by atoms with E-state index in [0.29, 0.717) is 0 Å². The lowest BCUT2D eigenvalue weighted by Crippen LogP contribution is -1.92. The first kappa shape index (κ1) is 7.98. The number of hydrogen-bond donors (Lipinski definition) is 0. The van der Waals surface area contributed by atoms with E-state index in [1.165, 1.54) is 16.3 Å². The van der Waals surface area contributed by atoms with Crippen LogP contribution in [0.2, 0.25) is 0 Å². The normalized spacial score (nSPS) is 19.1. The molecule has 0 amide bonds. The Hall–Kier alpha value is -1.37. The highest BCUT2D eigenvalue weighted by Crippen LogP contribution is 2.39. The topological polar surface area (TPSA) is 0 Å². The first-order chi connectivity index (χ1) is 6.90. The smallest absolute Gasteiger partial charge is 0.139 e. The molecule has 0 bridgehead atoms. The fourth-order valence-corrected chi connectivity index (χ4v) is 2.39. The van der Waals surface area contributed by atoms with Gasteiger partial charge in [0.2, 0.25) is 0 Å². The molecule has 1 radical (unpaired) electrons. The molecule has 0 spiro atoms. The Morgan fingerprint density at radius 1 is 1.14 bits per heavy atom. The van der Waals surface area contributed by atoms with Crippen LogP contribution in [0.3, 0.4) is 0 Å². The van der Waals surface area contributed by atoms with E-state index in [1.54, 1.807) is 0 Å². The van der Waals surface area contributed by atoms with Crippen LogP contribution >= 0.6 is 0 Å². The van der Waals surface area contributed by atoms with Gasteiger partial charge in [0.15, 0.2) is 0 Å². The van der Waals surface area contributed by atoms with E-state index in [-0.39, 0.29) is 5.92 Å². The molecule has 1 unspecified atom stereocenters. The van der Waals surface area contributed by atoms with Crippen molar-refractivity contribution in [2.45, 2.75) is 12.3 Å². The lowest BCUT2D eigenvalue weighted by Gasteiger charge is -2.04. The molecule has 1 aliphatic rings. The van der Waals surface area contributed by atoms with Gasteiger partial charge in [0.25, 0.3) is 0 Å². The maximum Gasteiger partial charge on any atom is 0.139 e. The lowest BCUT2D eigenvalue weighted by atomic mass is 10.0. The fraction of sp³-hybridized carbons (Fsp3) is 0.154.